The van der Waals surface area contributed by atoms with Gasteiger partial charge in [0.2, 0.25) is 0 Å². The van der Waals surface area contributed by atoms with Gasteiger partial charge in [0.1, 0.15) is 0 Å². The van der Waals surface area contributed by atoms with Crippen LogP contribution in [0.2, 0.25) is 0 Å². The molecule has 0 radical (unpaired) electrons. The fourth-order valence-electron chi connectivity index (χ4n) is 2.23. The zero-order valence-corrected chi connectivity index (χ0v) is 14.4. The van der Waals surface area contributed by atoms with Gasteiger partial charge in [-0.15, -0.1) is 0 Å². The minimum absolute atomic E-state index is 0.257. The number of nitrogens with one attached hydrogen (secondary N) is 1. The third-order valence-electron chi connectivity index (χ3n) is 3.74. The highest BCUT2D eigenvalue weighted by Gasteiger charge is 2.05. The van der Waals surface area contributed by atoms with Gasteiger partial charge in [-0.1, -0.05) is 71.6 Å². The zero-order chi connectivity index (χ0) is 15.1. The number of rotatable bonds is 15. The van der Waals surface area contributed by atoms with Crippen LogP contribution in [0.25, 0.3) is 0 Å². The molecule has 0 aromatic heterocycles. The molecule has 3 nitrogen and oxygen atoms in total. The van der Waals surface area contributed by atoms with Crippen LogP contribution in [0.5, 0.6) is 0 Å². The molecular weight excluding hydrogens is 270 g/mol. The molecule has 0 saturated heterocycles. The normalized spacial score (nSPS) is 11.9. The highest BCUT2D eigenvalue weighted by Crippen LogP contribution is 2.10. The smallest absolute Gasteiger partial charge is 0.151 e. The second-order valence-electron chi connectivity index (χ2n) is 5.67. The lowest BCUT2D eigenvalue weighted by Gasteiger charge is -2.05. The van der Waals surface area contributed by atoms with Crippen molar-refractivity contribution < 1.29 is 8.42 Å². The Morgan fingerprint density at radius 3 is 1.70 bits per heavy atom. The van der Waals surface area contributed by atoms with E-state index in [2.05, 4.69) is 12.2 Å². The number of sulfone groups is 1. The van der Waals surface area contributed by atoms with Gasteiger partial charge in [0.25, 0.3) is 0 Å². The molecule has 0 spiro atoms. The molecule has 20 heavy (non-hydrogen) atoms. The van der Waals surface area contributed by atoms with Crippen molar-refractivity contribution in [2.75, 3.05) is 24.6 Å². The fraction of sp³-hybridized carbons (Fsp3) is 1.00. The first-order valence-corrected chi connectivity index (χ1v) is 10.4. The van der Waals surface area contributed by atoms with Gasteiger partial charge in [-0.25, -0.2) is 8.42 Å². The van der Waals surface area contributed by atoms with Crippen LogP contribution in [0.15, 0.2) is 0 Å². The lowest BCUT2D eigenvalue weighted by molar-refractivity contribution is 0.545. The van der Waals surface area contributed by atoms with E-state index in [9.17, 15) is 8.42 Å². The predicted molar refractivity (Wildman–Crippen MR) is 89.0 cm³/mol. The van der Waals surface area contributed by atoms with E-state index in [0.29, 0.717) is 6.54 Å². The maximum Gasteiger partial charge on any atom is 0.151 e. The summed E-state index contributed by atoms with van der Waals surface area (Å²) in [7, 11) is -2.80. The van der Waals surface area contributed by atoms with E-state index in [1.807, 2.05) is 0 Å². The van der Waals surface area contributed by atoms with Gasteiger partial charge in [0.15, 0.2) is 9.84 Å². The molecule has 0 rings (SSSR count). The molecule has 0 amide bonds. The summed E-state index contributed by atoms with van der Waals surface area (Å²) in [6, 6.07) is 0. The van der Waals surface area contributed by atoms with Crippen molar-refractivity contribution in [2.24, 2.45) is 0 Å². The minimum Gasteiger partial charge on any atom is -0.316 e. The minimum atomic E-state index is -2.80. The van der Waals surface area contributed by atoms with E-state index in [0.717, 1.165) is 6.54 Å². The van der Waals surface area contributed by atoms with Crippen LogP contribution in [0.4, 0.5) is 0 Å². The third kappa shape index (κ3) is 14.3. The molecule has 0 aromatic rings. The van der Waals surface area contributed by atoms with Gasteiger partial charge >= 0.3 is 0 Å². The van der Waals surface area contributed by atoms with Crippen LogP contribution >= 0.6 is 0 Å². The summed E-state index contributed by atoms with van der Waals surface area (Å²) in [6.07, 6.45) is 13.4. The van der Waals surface area contributed by atoms with Crippen molar-refractivity contribution >= 4 is 9.84 Å². The van der Waals surface area contributed by atoms with Crippen LogP contribution in [-0.2, 0) is 9.84 Å². The largest absolute Gasteiger partial charge is 0.316 e. The summed E-state index contributed by atoms with van der Waals surface area (Å²) in [4.78, 5) is 0. The summed E-state index contributed by atoms with van der Waals surface area (Å²) < 4.78 is 22.5. The van der Waals surface area contributed by atoms with Crippen molar-refractivity contribution in [3.63, 3.8) is 0 Å². The molecule has 122 valence electrons. The van der Waals surface area contributed by atoms with E-state index < -0.39 is 9.84 Å². The van der Waals surface area contributed by atoms with E-state index in [-0.39, 0.29) is 11.5 Å². The average molecular weight is 306 g/mol. The Kier molecular flexibility index (Phi) is 13.8. The Morgan fingerprint density at radius 2 is 1.20 bits per heavy atom. The van der Waals surface area contributed by atoms with Gasteiger partial charge in [-0.2, -0.15) is 0 Å². The molecule has 4 heteroatoms. The quantitative estimate of drug-likeness (QED) is 0.466. The summed E-state index contributed by atoms with van der Waals surface area (Å²) in [6.45, 7) is 5.52. The second kappa shape index (κ2) is 13.9. The van der Waals surface area contributed by atoms with Gasteiger partial charge in [0, 0.05) is 12.3 Å². The van der Waals surface area contributed by atoms with Gasteiger partial charge in [0.05, 0.1) is 5.75 Å². The first kappa shape index (κ1) is 19.9. The van der Waals surface area contributed by atoms with Crippen molar-refractivity contribution in [2.45, 2.75) is 78.1 Å². The van der Waals surface area contributed by atoms with Gasteiger partial charge < -0.3 is 5.32 Å². The molecule has 0 fully saturated rings. The Hall–Kier alpha value is -0.0900. The van der Waals surface area contributed by atoms with Gasteiger partial charge in [-0.3, -0.25) is 0 Å². The Balaban J connectivity index is 3.10. The summed E-state index contributed by atoms with van der Waals surface area (Å²) in [5.74, 6) is 0.536. The van der Waals surface area contributed by atoms with Crippen molar-refractivity contribution in [1.29, 1.82) is 0 Å². The molecule has 0 aliphatic rings. The van der Waals surface area contributed by atoms with E-state index in [4.69, 9.17) is 0 Å². The number of hydrogen-bond acceptors (Lipinski definition) is 3. The fourth-order valence-corrected chi connectivity index (χ4v) is 2.98. The molecule has 0 atom stereocenters. The molecule has 0 aliphatic heterocycles. The van der Waals surface area contributed by atoms with E-state index >= 15 is 0 Å². The van der Waals surface area contributed by atoms with Crippen LogP contribution < -0.4 is 5.32 Å². The number of unbranched alkanes of at least 4 members (excludes halogenated alkanes) is 9. The van der Waals surface area contributed by atoms with Crippen LogP contribution in [0, 0.1) is 0 Å². The maximum atomic E-state index is 11.3. The van der Waals surface area contributed by atoms with Crippen molar-refractivity contribution in [1.82, 2.24) is 5.32 Å². The lowest BCUT2D eigenvalue weighted by Crippen LogP contribution is -2.24. The third-order valence-corrected chi connectivity index (χ3v) is 5.44. The first-order chi connectivity index (χ1) is 9.62. The van der Waals surface area contributed by atoms with Gasteiger partial charge in [-0.05, 0) is 13.0 Å². The van der Waals surface area contributed by atoms with Crippen molar-refractivity contribution in [3.05, 3.63) is 0 Å². The molecule has 0 saturated carbocycles. The van der Waals surface area contributed by atoms with E-state index in [1.54, 1.807) is 6.92 Å². The molecule has 0 bridgehead atoms. The Labute approximate surface area is 126 Å². The lowest BCUT2D eigenvalue weighted by atomic mass is 10.1. The predicted octanol–water partition coefficient (Wildman–Crippen LogP) is 3.93. The summed E-state index contributed by atoms with van der Waals surface area (Å²) in [5.41, 5.74) is 0. The van der Waals surface area contributed by atoms with E-state index in [1.165, 1.54) is 64.2 Å². The maximum absolute atomic E-state index is 11.3. The molecule has 0 heterocycles. The molecular formula is C16H35NO2S. The Bertz CT molecular complexity index is 289. The highest BCUT2D eigenvalue weighted by atomic mass is 32.2. The number of hydrogen-bond donors (Lipinski definition) is 1. The summed E-state index contributed by atoms with van der Waals surface area (Å²) in [5, 5.41) is 3.22. The first-order valence-electron chi connectivity index (χ1n) is 8.53. The van der Waals surface area contributed by atoms with Crippen LogP contribution in [-0.4, -0.2) is 33.0 Å². The van der Waals surface area contributed by atoms with Crippen LogP contribution in [0.3, 0.4) is 0 Å². The summed E-state index contributed by atoms with van der Waals surface area (Å²) >= 11 is 0. The zero-order valence-electron chi connectivity index (χ0n) is 13.6. The van der Waals surface area contributed by atoms with Crippen LogP contribution in [0.1, 0.15) is 78.1 Å². The second-order valence-corrected chi connectivity index (χ2v) is 8.14. The average Bonchev–Trinajstić information content (AvgIpc) is 2.44. The highest BCUT2D eigenvalue weighted by molar-refractivity contribution is 7.91. The topological polar surface area (TPSA) is 46.2 Å². The SMILES string of the molecule is CCCCCCCCCCCCNCCS(=O)(=O)CC. The molecule has 0 unspecified atom stereocenters. The molecule has 0 aliphatic carbocycles. The standard InChI is InChI=1S/C16H35NO2S/c1-3-5-6-7-8-9-10-11-12-13-14-17-15-16-20(18,19)4-2/h17H,3-16H2,1-2H3. The molecule has 1 N–H and O–H groups in total. The monoisotopic (exact) mass is 305 g/mol. The van der Waals surface area contributed by atoms with Crippen molar-refractivity contribution in [3.8, 4) is 0 Å². The Morgan fingerprint density at radius 1 is 0.700 bits per heavy atom. The molecule has 0 aromatic carbocycles.